The third-order valence-corrected chi connectivity index (χ3v) is 2.55. The summed E-state index contributed by atoms with van der Waals surface area (Å²) in [7, 11) is 0. The van der Waals surface area contributed by atoms with Crippen LogP contribution in [-0.2, 0) is 4.79 Å². The molecule has 0 saturated heterocycles. The van der Waals surface area contributed by atoms with E-state index in [1.54, 1.807) is 0 Å². The van der Waals surface area contributed by atoms with Crippen molar-refractivity contribution in [3.05, 3.63) is 0 Å². The van der Waals surface area contributed by atoms with E-state index in [1.807, 2.05) is 11.8 Å². The van der Waals surface area contributed by atoms with Gasteiger partial charge in [0.25, 0.3) is 0 Å². The Morgan fingerprint density at radius 3 is 2.58 bits per heavy atom. The van der Waals surface area contributed by atoms with Gasteiger partial charge in [0, 0.05) is 19.0 Å². The van der Waals surface area contributed by atoms with Gasteiger partial charge in [0.05, 0.1) is 4.55 Å². The topological polar surface area (TPSA) is 46.3 Å². The Labute approximate surface area is 87.8 Å². The summed E-state index contributed by atoms with van der Waals surface area (Å²) in [5.74, 6) is 0.139. The molecule has 0 radical (unpaired) electrons. The summed E-state index contributed by atoms with van der Waals surface area (Å²) < 4.78 is 0.759. The Balaban J connectivity index is 4.01. The van der Waals surface area contributed by atoms with Crippen LogP contribution in [0.4, 0.5) is 0 Å². The molecule has 72 valence electrons. The Hall–Kier alpha value is 0.160. The summed E-state index contributed by atoms with van der Waals surface area (Å²) in [6.45, 7) is 5.22. The van der Waals surface area contributed by atoms with E-state index in [2.05, 4.69) is 29.5 Å². The second-order valence-corrected chi connectivity index (χ2v) is 3.54. The van der Waals surface area contributed by atoms with Crippen LogP contribution in [0.3, 0.4) is 0 Å². The molecule has 0 aliphatic rings. The Morgan fingerprint density at radius 1 is 1.67 bits per heavy atom. The molecular formula is C8H17IN2O. The number of nitrogens with zero attached hydrogens (tertiary/aromatic N) is 1. The molecule has 0 rings (SSSR count). The third-order valence-electron chi connectivity index (χ3n) is 1.72. The van der Waals surface area contributed by atoms with Crippen LogP contribution in [0.25, 0.3) is 0 Å². The van der Waals surface area contributed by atoms with Crippen molar-refractivity contribution in [3.8, 4) is 0 Å². The fourth-order valence-electron chi connectivity index (χ4n) is 0.911. The van der Waals surface area contributed by atoms with Crippen molar-refractivity contribution < 1.29 is 4.79 Å². The molecule has 0 aromatic rings. The highest BCUT2D eigenvalue weighted by Gasteiger charge is 2.16. The maximum Gasteiger partial charge on any atom is 0.227 e. The zero-order valence-electron chi connectivity index (χ0n) is 7.72. The zero-order chi connectivity index (χ0) is 9.56. The van der Waals surface area contributed by atoms with E-state index in [9.17, 15) is 4.79 Å². The molecule has 3 nitrogen and oxygen atoms in total. The van der Waals surface area contributed by atoms with Crippen molar-refractivity contribution in [1.29, 1.82) is 0 Å². The van der Waals surface area contributed by atoms with Crippen LogP contribution in [0.2, 0.25) is 0 Å². The molecule has 4 heteroatoms. The van der Waals surface area contributed by atoms with Crippen molar-refractivity contribution in [2.45, 2.75) is 20.3 Å². The molecule has 0 aliphatic heterocycles. The average molecular weight is 284 g/mol. The number of halogens is 1. The Kier molecular flexibility index (Phi) is 6.74. The zero-order valence-corrected chi connectivity index (χ0v) is 9.87. The number of nitrogens with two attached hydrogens (primary N) is 1. The first kappa shape index (κ1) is 12.2. The predicted octanol–water partition coefficient (Wildman–Crippen LogP) is 1.21. The highest BCUT2D eigenvalue weighted by Crippen LogP contribution is 2.04. The van der Waals surface area contributed by atoms with E-state index in [0.717, 1.165) is 17.5 Å². The van der Waals surface area contributed by atoms with E-state index in [-0.39, 0.29) is 11.8 Å². The van der Waals surface area contributed by atoms with Gasteiger partial charge >= 0.3 is 0 Å². The Bertz CT molecular complexity index is 141. The fourth-order valence-corrected chi connectivity index (χ4v) is 1.59. The predicted molar refractivity (Wildman–Crippen MR) is 59.1 cm³/mol. The van der Waals surface area contributed by atoms with Crippen LogP contribution in [0.5, 0.6) is 0 Å². The molecule has 0 aromatic heterocycles. The van der Waals surface area contributed by atoms with E-state index in [4.69, 9.17) is 5.73 Å². The third kappa shape index (κ3) is 3.71. The lowest BCUT2D eigenvalue weighted by molar-refractivity contribution is -0.133. The number of amides is 1. The molecule has 0 aromatic carbocycles. The lowest BCUT2D eigenvalue weighted by Crippen LogP contribution is -2.37. The largest absolute Gasteiger partial charge is 0.333 e. The standard InChI is InChI=1S/C8H17IN2O/c1-3-4-11(6-9)8(12)7(2)5-10/h7H,3-6,10H2,1-2H3. The van der Waals surface area contributed by atoms with Gasteiger partial charge in [-0.3, -0.25) is 4.79 Å². The van der Waals surface area contributed by atoms with Crippen molar-refractivity contribution in [1.82, 2.24) is 4.90 Å². The second-order valence-electron chi connectivity index (χ2n) is 2.86. The molecule has 1 amide bonds. The van der Waals surface area contributed by atoms with E-state index in [1.165, 1.54) is 0 Å². The maximum atomic E-state index is 11.5. The second kappa shape index (κ2) is 6.65. The summed E-state index contributed by atoms with van der Waals surface area (Å²) in [4.78, 5) is 13.4. The first-order valence-corrected chi connectivity index (χ1v) is 5.74. The summed E-state index contributed by atoms with van der Waals surface area (Å²) in [6.07, 6.45) is 1.01. The number of hydrogen-bond donors (Lipinski definition) is 1. The minimum atomic E-state index is -0.0358. The van der Waals surface area contributed by atoms with Crippen molar-refractivity contribution >= 4 is 28.5 Å². The smallest absolute Gasteiger partial charge is 0.227 e. The number of hydrogen-bond acceptors (Lipinski definition) is 2. The highest BCUT2D eigenvalue weighted by atomic mass is 127. The van der Waals surface area contributed by atoms with Crippen LogP contribution in [0, 0.1) is 5.92 Å². The molecular weight excluding hydrogens is 267 g/mol. The molecule has 2 N–H and O–H groups in total. The molecule has 12 heavy (non-hydrogen) atoms. The lowest BCUT2D eigenvalue weighted by atomic mass is 10.1. The summed E-state index contributed by atoms with van der Waals surface area (Å²) in [6, 6.07) is 0. The van der Waals surface area contributed by atoms with Gasteiger partial charge in [-0.05, 0) is 6.42 Å². The van der Waals surface area contributed by atoms with Crippen molar-refractivity contribution in [3.63, 3.8) is 0 Å². The van der Waals surface area contributed by atoms with Gasteiger partial charge in [0.2, 0.25) is 5.91 Å². The molecule has 0 aliphatic carbocycles. The highest BCUT2D eigenvalue weighted by molar-refractivity contribution is 14.1. The average Bonchev–Trinajstić information content (AvgIpc) is 2.11. The summed E-state index contributed by atoms with van der Waals surface area (Å²) in [5.41, 5.74) is 5.41. The SMILES string of the molecule is CCCN(CI)C(=O)C(C)CN. The molecule has 0 heterocycles. The first-order chi connectivity index (χ1) is 5.67. The summed E-state index contributed by atoms with van der Waals surface area (Å²) >= 11 is 2.20. The minimum absolute atomic E-state index is 0.0358. The lowest BCUT2D eigenvalue weighted by Gasteiger charge is -2.22. The Morgan fingerprint density at radius 2 is 2.25 bits per heavy atom. The van der Waals surface area contributed by atoms with Crippen LogP contribution >= 0.6 is 22.6 Å². The summed E-state index contributed by atoms with van der Waals surface area (Å²) in [5, 5.41) is 0. The van der Waals surface area contributed by atoms with Crippen molar-refractivity contribution in [2.24, 2.45) is 11.7 Å². The van der Waals surface area contributed by atoms with Gasteiger partial charge < -0.3 is 10.6 Å². The van der Waals surface area contributed by atoms with Crippen LogP contribution < -0.4 is 5.73 Å². The monoisotopic (exact) mass is 284 g/mol. The molecule has 0 spiro atoms. The molecule has 0 bridgehead atoms. The molecule has 0 saturated carbocycles. The molecule has 1 atom stereocenters. The number of carbonyl (C=O) groups is 1. The fraction of sp³-hybridized carbons (Fsp3) is 0.875. The normalized spacial score (nSPS) is 12.7. The molecule has 1 unspecified atom stereocenters. The quantitative estimate of drug-likeness (QED) is 0.468. The number of alkyl halides is 1. The van der Waals surface area contributed by atoms with Gasteiger partial charge in [-0.25, -0.2) is 0 Å². The van der Waals surface area contributed by atoms with E-state index >= 15 is 0 Å². The van der Waals surface area contributed by atoms with Crippen molar-refractivity contribution in [2.75, 3.05) is 17.6 Å². The maximum absolute atomic E-state index is 11.5. The van der Waals surface area contributed by atoms with Crippen LogP contribution in [0.1, 0.15) is 20.3 Å². The molecule has 0 fully saturated rings. The van der Waals surface area contributed by atoms with E-state index in [0.29, 0.717) is 6.54 Å². The first-order valence-electron chi connectivity index (χ1n) is 4.22. The van der Waals surface area contributed by atoms with Gasteiger partial charge in [-0.1, -0.05) is 36.4 Å². The minimum Gasteiger partial charge on any atom is -0.333 e. The van der Waals surface area contributed by atoms with Gasteiger partial charge in [0.15, 0.2) is 0 Å². The van der Waals surface area contributed by atoms with Gasteiger partial charge in [0.1, 0.15) is 0 Å². The number of carbonyl (C=O) groups excluding carboxylic acids is 1. The van der Waals surface area contributed by atoms with Gasteiger partial charge in [-0.2, -0.15) is 0 Å². The van der Waals surface area contributed by atoms with E-state index < -0.39 is 0 Å². The van der Waals surface area contributed by atoms with Gasteiger partial charge in [-0.15, -0.1) is 0 Å². The number of rotatable bonds is 5. The van der Waals surface area contributed by atoms with Crippen LogP contribution in [-0.4, -0.2) is 28.4 Å². The van der Waals surface area contributed by atoms with Crippen LogP contribution in [0.15, 0.2) is 0 Å².